The van der Waals surface area contributed by atoms with E-state index in [-0.39, 0.29) is 40.8 Å². The van der Waals surface area contributed by atoms with Gasteiger partial charge in [-0.05, 0) is 52.5 Å². The van der Waals surface area contributed by atoms with Crippen LogP contribution in [0.4, 0.5) is 0 Å². The fourth-order valence-corrected chi connectivity index (χ4v) is 6.10. The second-order valence-corrected chi connectivity index (χ2v) is 20.1. The van der Waals surface area contributed by atoms with E-state index in [1.54, 1.807) is 20.8 Å². The third-order valence-corrected chi connectivity index (χ3v) is 10.5. The van der Waals surface area contributed by atoms with Crippen molar-refractivity contribution in [2.45, 2.75) is 102 Å². The first-order valence-electron chi connectivity index (χ1n) is 18.6. The zero-order valence-electron chi connectivity index (χ0n) is 35.8. The first-order valence-corrected chi connectivity index (χ1v) is 24.3. The van der Waals surface area contributed by atoms with Gasteiger partial charge in [0.05, 0.1) is 28.5 Å². The Bertz CT molecular complexity index is 2600. The first-order chi connectivity index (χ1) is 29.2. The zero-order chi connectivity index (χ0) is 49.4. The molecule has 0 spiro atoms. The highest BCUT2D eigenvalue weighted by Gasteiger charge is 2.27. The number of carbonyl (C=O) groups is 4. The predicted molar refractivity (Wildman–Crippen MR) is 223 cm³/mol. The fraction of sp³-hybridized carbons (Fsp3) is 0.444. The molecule has 64 heavy (non-hydrogen) atoms. The highest BCUT2D eigenvalue weighted by Crippen LogP contribution is 2.16. The molecule has 7 N–H and O–H groups in total. The second kappa shape index (κ2) is 24.1. The minimum Gasteiger partial charge on any atom is -0.472 e. The van der Waals surface area contributed by atoms with Gasteiger partial charge in [0.1, 0.15) is 25.1 Å². The molecule has 0 aliphatic heterocycles. The monoisotopic (exact) mass is 988 g/mol. The Hall–Kier alpha value is -5.36. The Morgan fingerprint density at radius 1 is 0.672 bits per heavy atom. The Morgan fingerprint density at radius 3 is 1.44 bits per heavy atom. The lowest BCUT2D eigenvalue weighted by Gasteiger charge is -2.19. The lowest BCUT2D eigenvalue weighted by atomic mass is 10.1. The van der Waals surface area contributed by atoms with E-state index in [4.69, 9.17) is 18.2 Å². The van der Waals surface area contributed by atoms with Crippen LogP contribution in [0.25, 0.3) is 0 Å². The molecule has 1 unspecified atom stereocenters. The van der Waals surface area contributed by atoms with Crippen molar-refractivity contribution in [1.82, 2.24) is 20.3 Å². The van der Waals surface area contributed by atoms with Gasteiger partial charge in [-0.1, -0.05) is 34.1 Å². The molecule has 0 aliphatic rings. The van der Waals surface area contributed by atoms with E-state index in [2.05, 4.69) is 33.6 Å². The molecule has 4 aromatic rings. The van der Waals surface area contributed by atoms with Crippen molar-refractivity contribution in [1.29, 1.82) is 0 Å². The molecule has 0 bridgehead atoms. The molecule has 0 saturated carbocycles. The van der Waals surface area contributed by atoms with Gasteiger partial charge in [-0.3, -0.25) is 37.4 Å². The lowest BCUT2D eigenvalue weighted by molar-refractivity contribution is 0.0847. The largest absolute Gasteiger partial charge is 0.472 e. The van der Waals surface area contributed by atoms with Crippen LogP contribution < -0.4 is 16.0 Å². The maximum atomic E-state index is 11.7. The summed E-state index contributed by atoms with van der Waals surface area (Å²) in [5.74, 6) is -1.84. The maximum Gasteiger partial charge on any atom is 0.362 e. The van der Waals surface area contributed by atoms with E-state index in [0.717, 1.165) is 49.7 Å². The summed E-state index contributed by atoms with van der Waals surface area (Å²) in [6.45, 7) is 15.2. The smallest absolute Gasteiger partial charge is 0.362 e. The van der Waals surface area contributed by atoms with E-state index < -0.39 is 85.1 Å². The van der Waals surface area contributed by atoms with E-state index >= 15 is 0 Å². The summed E-state index contributed by atoms with van der Waals surface area (Å²) < 4.78 is 140. The molecule has 4 rings (SSSR count). The highest BCUT2D eigenvalue weighted by molar-refractivity contribution is 7.86. The van der Waals surface area contributed by atoms with Crippen LogP contribution in [0.1, 0.15) is 116 Å². The molecule has 1 atom stereocenters. The average molecular weight is 989 g/mol. The molecule has 0 aliphatic carbocycles. The fourth-order valence-electron chi connectivity index (χ4n) is 4.09. The number of hydrogen-bond acceptors (Lipinski definition) is 16. The Balaban J connectivity index is 0.000000427. The molecule has 0 fully saturated rings. The van der Waals surface area contributed by atoms with E-state index in [1.165, 1.54) is 12.3 Å². The van der Waals surface area contributed by atoms with Crippen molar-refractivity contribution in [3.05, 3.63) is 77.8 Å². The van der Waals surface area contributed by atoms with Gasteiger partial charge in [-0.2, -0.15) is 33.7 Å². The Labute approximate surface area is 370 Å². The number of hydrogen-bond donors (Lipinski definition) is 7. The van der Waals surface area contributed by atoms with E-state index in [9.17, 15) is 52.8 Å². The van der Waals surface area contributed by atoms with Gasteiger partial charge in [-0.15, -0.1) is 0 Å². The summed E-state index contributed by atoms with van der Waals surface area (Å²) in [5, 5.41) is 5.93. The van der Waals surface area contributed by atoms with Crippen LogP contribution in [0.3, 0.4) is 0 Å². The number of unbranched alkanes of at least 4 members (excludes halogenated alkanes) is 1. The van der Waals surface area contributed by atoms with Crippen molar-refractivity contribution in [3.8, 4) is 0 Å². The highest BCUT2D eigenvalue weighted by atomic mass is 32.2. The van der Waals surface area contributed by atoms with Crippen LogP contribution in [-0.4, -0.2) is 104 Å². The average Bonchev–Trinajstić information content (AvgIpc) is 3.99. The van der Waals surface area contributed by atoms with Gasteiger partial charge in [-0.25, -0.2) is 4.31 Å². The molecule has 0 saturated heterocycles. The van der Waals surface area contributed by atoms with Gasteiger partial charge in [0, 0.05) is 42.9 Å². The molecular weight excluding hydrogens is 937 g/mol. The van der Waals surface area contributed by atoms with Crippen molar-refractivity contribution >= 4 is 64.3 Å². The summed E-state index contributed by atoms with van der Waals surface area (Å²) in [5.41, 5.74) is -0.176. The Morgan fingerprint density at radius 2 is 1.11 bits per heavy atom. The molecule has 0 aromatic carbocycles. The third kappa shape index (κ3) is 20.4. The van der Waals surface area contributed by atoms with E-state index in [1.807, 2.05) is 34.6 Å². The van der Waals surface area contributed by atoms with Crippen LogP contribution in [0.2, 0.25) is 0 Å². The van der Waals surface area contributed by atoms with Crippen LogP contribution >= 0.6 is 0 Å². The van der Waals surface area contributed by atoms with Crippen molar-refractivity contribution in [3.63, 3.8) is 0 Å². The van der Waals surface area contributed by atoms with Crippen LogP contribution in [0.15, 0.2) is 88.5 Å². The topological polar surface area (TPSA) is 378 Å². The van der Waals surface area contributed by atoms with Crippen molar-refractivity contribution in [2.75, 3.05) is 13.1 Å². The number of amides is 4. The lowest BCUT2D eigenvalue weighted by Crippen LogP contribution is -2.40. The van der Waals surface area contributed by atoms with Crippen molar-refractivity contribution < 1.29 is 88.7 Å². The Kier molecular flexibility index (Phi) is 21.3. The predicted octanol–water partition coefficient (Wildman–Crippen LogP) is 4.35. The SMILES string of the molecule is CC(C)(C)NC(=O)c1coc(S(=O)(=O)O)c1.CC(C)CNC(=O)c1coc(S(=O)(=O)O)c1.CCC(C)NC(=O)c1coc(S(=O)(=O)O)c1.CCCCN(C(=O)c1ccoc1)S(=O)(=O)O. The summed E-state index contributed by atoms with van der Waals surface area (Å²) >= 11 is 0. The molecule has 4 heterocycles. The van der Waals surface area contributed by atoms with E-state index in [0.29, 0.717) is 23.7 Å². The molecular formula is C36H52N4O20S4. The molecule has 24 nitrogen and oxygen atoms in total. The van der Waals surface area contributed by atoms with Crippen LogP contribution in [-0.2, 0) is 40.7 Å². The van der Waals surface area contributed by atoms with Crippen LogP contribution in [0.5, 0.6) is 0 Å². The molecule has 4 aromatic heterocycles. The summed E-state index contributed by atoms with van der Waals surface area (Å²) in [6.07, 6.45) is 7.30. The quantitative estimate of drug-likeness (QED) is 0.0814. The van der Waals surface area contributed by atoms with Gasteiger partial charge in [0.2, 0.25) is 15.3 Å². The number of nitrogens with zero attached hydrogens (tertiary/aromatic N) is 1. The van der Waals surface area contributed by atoms with Crippen molar-refractivity contribution in [2.24, 2.45) is 5.92 Å². The summed E-state index contributed by atoms with van der Waals surface area (Å²) in [4.78, 5) is 46.2. The molecule has 28 heteroatoms. The third-order valence-electron chi connectivity index (χ3n) is 7.41. The molecule has 0 radical (unpaired) electrons. The number of rotatable bonds is 15. The number of furan rings is 4. The summed E-state index contributed by atoms with van der Waals surface area (Å²) in [7, 11) is -17.7. The first kappa shape index (κ1) is 56.7. The maximum absolute atomic E-state index is 11.7. The number of nitrogens with one attached hydrogen (secondary N) is 3. The normalized spacial score (nSPS) is 12.3. The van der Waals surface area contributed by atoms with Gasteiger partial charge < -0.3 is 33.6 Å². The molecule has 4 amide bonds. The number of carbonyl (C=O) groups excluding carboxylic acids is 4. The minimum atomic E-state index is -4.52. The van der Waals surface area contributed by atoms with Gasteiger partial charge >= 0.3 is 40.7 Å². The van der Waals surface area contributed by atoms with Crippen LogP contribution in [0, 0.1) is 5.92 Å². The second-order valence-electron chi connectivity index (χ2n) is 14.7. The summed E-state index contributed by atoms with van der Waals surface area (Å²) in [6, 6.07) is 4.25. The van der Waals surface area contributed by atoms with Gasteiger partial charge in [0.25, 0.3) is 23.6 Å². The minimum absolute atomic E-state index is 0.0171. The van der Waals surface area contributed by atoms with Gasteiger partial charge in [0.15, 0.2) is 0 Å². The standard InChI is InChI=1S/4C9H13NO5S/c1-9(2,3)10-8(11)6-4-7(15-5-6)16(12,13)14;1-6(2)4-10-9(11)7-3-8(15-5-7)16(12,13)14;1-3-6(2)10-9(11)7-4-8(15-5-7)16(12,13)14;1-2-3-5-10(16(12,13)14)9(11)8-4-6-15-7-8/h4-5H,1-3H3,(H,10,11)(H,12,13,14);3,5-6H,4H2,1-2H3,(H,10,11)(H,12,13,14);4-6H,3H2,1-2H3,(H,10,11)(H,12,13,14);4,6-7H,2-3,5H2,1H3,(H,12,13,14). The zero-order valence-corrected chi connectivity index (χ0v) is 39.1. The molecule has 360 valence electrons.